The molecule has 8 heteroatoms. The molecular weight excluding hydrogens is 833 g/mol. The van der Waals surface area contributed by atoms with Crippen LogP contribution < -0.4 is 0 Å². The molecule has 4 aromatic heterocycles. The van der Waals surface area contributed by atoms with Crippen molar-refractivity contribution >= 4 is 43.6 Å². The SMILES string of the molecule is c1ccc(-c2nc(-c3ccccc3)nc(-c3ccc(-c4cc5c6ccccc6n(-c6nc(-c7ccccc7)nc(-c7ccccc7)n6)c5c5c4c4ccccc4n5-c4ccccc4)cc3)n2)cc1. The number of para-hydroxylation sites is 3. The molecular formula is C60H38N8. The summed E-state index contributed by atoms with van der Waals surface area (Å²) in [6.07, 6.45) is 0. The van der Waals surface area contributed by atoms with Crippen LogP contribution >= 0.6 is 0 Å². The van der Waals surface area contributed by atoms with Crippen LogP contribution in [0.3, 0.4) is 0 Å². The molecule has 13 aromatic rings. The fraction of sp³-hybridized carbons (Fsp3) is 0. The standard InChI is InChI=1S/C60H38N8/c1-6-20-40(21-7-1)55-61-56(41-22-8-2-9-23-41)63-57(62-55)44-36-34-39(35-37-44)48-38-49-46-30-16-18-32-50(46)68(53(49)54-52(48)47-31-17-19-33-51(47)67(54)45-28-14-5-15-29-45)60-65-58(42-24-10-3-11-25-42)64-59(66-60)43-26-12-4-13-27-43/h1-38H. The summed E-state index contributed by atoms with van der Waals surface area (Å²) < 4.78 is 4.65. The van der Waals surface area contributed by atoms with E-state index in [9.17, 15) is 0 Å². The largest absolute Gasteiger partial charge is 0.307 e. The highest BCUT2D eigenvalue weighted by Crippen LogP contribution is 2.46. The molecule has 0 fully saturated rings. The van der Waals surface area contributed by atoms with Crippen LogP contribution in [-0.2, 0) is 0 Å². The van der Waals surface area contributed by atoms with Gasteiger partial charge in [-0.15, -0.1) is 0 Å². The van der Waals surface area contributed by atoms with Crippen LogP contribution in [0.15, 0.2) is 231 Å². The summed E-state index contributed by atoms with van der Waals surface area (Å²) in [7, 11) is 0. The molecule has 0 saturated carbocycles. The van der Waals surface area contributed by atoms with E-state index in [0.29, 0.717) is 35.1 Å². The van der Waals surface area contributed by atoms with Crippen LogP contribution in [0, 0.1) is 0 Å². The second-order valence-electron chi connectivity index (χ2n) is 16.7. The van der Waals surface area contributed by atoms with Crippen molar-refractivity contribution in [2.75, 3.05) is 0 Å². The zero-order valence-corrected chi connectivity index (χ0v) is 36.5. The van der Waals surface area contributed by atoms with Crippen molar-refractivity contribution in [1.29, 1.82) is 0 Å². The van der Waals surface area contributed by atoms with Gasteiger partial charge >= 0.3 is 0 Å². The van der Waals surface area contributed by atoms with Gasteiger partial charge in [-0.3, -0.25) is 4.57 Å². The minimum Gasteiger partial charge on any atom is -0.307 e. The van der Waals surface area contributed by atoms with Crippen LogP contribution in [0.2, 0.25) is 0 Å². The molecule has 8 nitrogen and oxygen atoms in total. The number of hydrogen-bond acceptors (Lipinski definition) is 6. The van der Waals surface area contributed by atoms with Gasteiger partial charge in [0, 0.05) is 55.0 Å². The molecule has 0 bridgehead atoms. The predicted molar refractivity (Wildman–Crippen MR) is 275 cm³/mol. The zero-order chi connectivity index (χ0) is 45.0. The third-order valence-corrected chi connectivity index (χ3v) is 12.6. The number of hydrogen-bond donors (Lipinski definition) is 0. The van der Waals surface area contributed by atoms with Gasteiger partial charge < -0.3 is 4.57 Å². The maximum atomic E-state index is 5.32. The third kappa shape index (κ3) is 6.62. The maximum absolute atomic E-state index is 5.32. The summed E-state index contributed by atoms with van der Waals surface area (Å²) in [5, 5.41) is 4.41. The van der Waals surface area contributed by atoms with Crippen molar-refractivity contribution < 1.29 is 0 Å². The number of aromatic nitrogens is 8. The first-order valence-electron chi connectivity index (χ1n) is 22.6. The maximum Gasteiger partial charge on any atom is 0.238 e. The molecule has 0 aliphatic carbocycles. The molecule has 0 aliphatic heterocycles. The van der Waals surface area contributed by atoms with Crippen molar-refractivity contribution in [3.05, 3.63) is 231 Å². The van der Waals surface area contributed by atoms with Crippen LogP contribution in [0.1, 0.15) is 0 Å². The molecule has 0 N–H and O–H groups in total. The van der Waals surface area contributed by atoms with Crippen molar-refractivity contribution in [2.45, 2.75) is 0 Å². The fourth-order valence-electron chi connectivity index (χ4n) is 9.51. The number of benzene rings is 9. The second kappa shape index (κ2) is 16.2. The van der Waals surface area contributed by atoms with Crippen molar-refractivity contribution in [2.24, 2.45) is 0 Å². The summed E-state index contributed by atoms with van der Waals surface area (Å²) >= 11 is 0. The lowest BCUT2D eigenvalue weighted by atomic mass is 9.96. The van der Waals surface area contributed by atoms with Crippen LogP contribution in [0.25, 0.3) is 123 Å². The van der Waals surface area contributed by atoms with E-state index in [-0.39, 0.29) is 0 Å². The lowest BCUT2D eigenvalue weighted by Gasteiger charge is -2.14. The Morgan fingerprint density at radius 2 is 0.632 bits per heavy atom. The third-order valence-electron chi connectivity index (χ3n) is 12.6. The van der Waals surface area contributed by atoms with Gasteiger partial charge in [-0.25, -0.2) is 19.9 Å². The van der Waals surface area contributed by atoms with E-state index in [4.69, 9.17) is 29.9 Å². The molecule has 0 spiro atoms. The van der Waals surface area contributed by atoms with Crippen LogP contribution in [-0.4, -0.2) is 39.0 Å². The zero-order valence-electron chi connectivity index (χ0n) is 36.5. The second-order valence-corrected chi connectivity index (χ2v) is 16.7. The van der Waals surface area contributed by atoms with Gasteiger partial charge in [0.15, 0.2) is 29.1 Å². The molecule has 318 valence electrons. The first-order chi connectivity index (χ1) is 33.7. The molecule has 13 rings (SSSR count). The Balaban J connectivity index is 1.09. The Bertz CT molecular complexity index is 3870. The molecule has 0 atom stereocenters. The Morgan fingerprint density at radius 1 is 0.265 bits per heavy atom. The van der Waals surface area contributed by atoms with E-state index in [1.54, 1.807) is 0 Å². The van der Waals surface area contributed by atoms with E-state index < -0.39 is 0 Å². The van der Waals surface area contributed by atoms with Crippen molar-refractivity contribution in [3.63, 3.8) is 0 Å². The summed E-state index contributed by atoms with van der Waals surface area (Å²) in [6, 6.07) is 79.4. The molecule has 68 heavy (non-hydrogen) atoms. The molecule has 0 unspecified atom stereocenters. The highest BCUT2D eigenvalue weighted by Gasteiger charge is 2.26. The van der Waals surface area contributed by atoms with Gasteiger partial charge in [0.1, 0.15) is 0 Å². The lowest BCUT2D eigenvalue weighted by molar-refractivity contribution is 0.953. The highest BCUT2D eigenvalue weighted by atomic mass is 15.2. The van der Waals surface area contributed by atoms with E-state index >= 15 is 0 Å². The Kier molecular flexibility index (Phi) is 9.31. The van der Waals surface area contributed by atoms with Gasteiger partial charge in [-0.2, -0.15) is 9.97 Å². The molecule has 0 amide bonds. The van der Waals surface area contributed by atoms with E-state index in [1.807, 2.05) is 121 Å². The fourth-order valence-corrected chi connectivity index (χ4v) is 9.51. The molecule has 0 aliphatic rings. The average molecular weight is 871 g/mol. The van der Waals surface area contributed by atoms with Crippen molar-refractivity contribution in [1.82, 2.24) is 39.0 Å². The Labute approximate surface area is 391 Å². The minimum absolute atomic E-state index is 0.536. The van der Waals surface area contributed by atoms with E-state index in [0.717, 1.165) is 88.2 Å². The smallest absolute Gasteiger partial charge is 0.238 e. The highest BCUT2D eigenvalue weighted by molar-refractivity contribution is 6.28. The summed E-state index contributed by atoms with van der Waals surface area (Å²) in [4.78, 5) is 30.7. The van der Waals surface area contributed by atoms with Crippen molar-refractivity contribution in [3.8, 4) is 79.7 Å². The quantitative estimate of drug-likeness (QED) is 0.151. The first kappa shape index (κ1) is 39.0. The van der Waals surface area contributed by atoms with Crippen LogP contribution in [0.5, 0.6) is 0 Å². The van der Waals surface area contributed by atoms with Crippen LogP contribution in [0.4, 0.5) is 0 Å². The summed E-state index contributed by atoms with van der Waals surface area (Å²) in [5.74, 6) is 3.59. The number of fused-ring (bicyclic) bond motifs is 7. The van der Waals surface area contributed by atoms with Gasteiger partial charge in [0.25, 0.3) is 0 Å². The molecule has 0 radical (unpaired) electrons. The predicted octanol–water partition coefficient (Wildman–Crippen LogP) is 14.3. The molecule has 9 aromatic carbocycles. The lowest BCUT2D eigenvalue weighted by Crippen LogP contribution is -2.07. The van der Waals surface area contributed by atoms with Gasteiger partial charge in [0.2, 0.25) is 5.95 Å². The monoisotopic (exact) mass is 870 g/mol. The number of rotatable bonds is 8. The number of nitrogens with zero attached hydrogens (tertiary/aromatic N) is 8. The Morgan fingerprint density at radius 3 is 1.12 bits per heavy atom. The first-order valence-corrected chi connectivity index (χ1v) is 22.6. The topological polar surface area (TPSA) is 87.2 Å². The molecule has 0 saturated heterocycles. The van der Waals surface area contributed by atoms with Gasteiger partial charge in [-0.1, -0.05) is 200 Å². The molecule has 4 heterocycles. The van der Waals surface area contributed by atoms with Gasteiger partial charge in [0.05, 0.1) is 22.1 Å². The van der Waals surface area contributed by atoms with E-state index in [1.165, 1.54) is 0 Å². The normalized spacial score (nSPS) is 11.5. The summed E-state index contributed by atoms with van der Waals surface area (Å²) in [5.41, 5.74) is 11.9. The minimum atomic E-state index is 0.536. The van der Waals surface area contributed by atoms with Gasteiger partial charge in [-0.05, 0) is 41.5 Å². The summed E-state index contributed by atoms with van der Waals surface area (Å²) in [6.45, 7) is 0. The van der Waals surface area contributed by atoms with E-state index in [2.05, 4.69) is 118 Å². The average Bonchev–Trinajstić information content (AvgIpc) is 3.95. The Hall–Kier alpha value is -9.40.